The number of quaternary nitrogens is 1. The standard InChI is InChI=1S/C21H26FN3O3S/c1-23(15-19-8-5-9-20(22)14-19)21(26)16-24-10-12-25(13-11-24)29(27,28)17-18-6-3-2-4-7-18/h2-9,14H,10-13,15-17H2,1H3/p+1. The molecule has 0 bridgehead atoms. The maximum absolute atomic E-state index is 13.3. The number of piperazine rings is 1. The van der Waals surface area contributed by atoms with Crippen molar-refractivity contribution in [3.05, 3.63) is 71.5 Å². The van der Waals surface area contributed by atoms with Crippen LogP contribution in [-0.4, -0.2) is 63.3 Å². The Balaban J connectivity index is 1.48. The topological polar surface area (TPSA) is 62.1 Å². The third-order valence-corrected chi connectivity index (χ3v) is 7.00. The number of hydrogen-bond donors (Lipinski definition) is 1. The molecule has 1 saturated heterocycles. The molecule has 0 aromatic heterocycles. The Hall–Kier alpha value is -2.29. The fourth-order valence-corrected chi connectivity index (χ4v) is 5.01. The van der Waals surface area contributed by atoms with Gasteiger partial charge in [0.25, 0.3) is 5.91 Å². The summed E-state index contributed by atoms with van der Waals surface area (Å²) in [6.45, 7) is 2.65. The first-order valence-electron chi connectivity index (χ1n) is 9.67. The summed E-state index contributed by atoms with van der Waals surface area (Å²) in [5.41, 5.74) is 1.52. The van der Waals surface area contributed by atoms with Crippen LogP contribution in [0.1, 0.15) is 11.1 Å². The normalized spacial score (nSPS) is 15.9. The van der Waals surface area contributed by atoms with Crippen molar-refractivity contribution < 1.29 is 22.5 Å². The van der Waals surface area contributed by atoms with Gasteiger partial charge in [0, 0.05) is 13.6 Å². The summed E-state index contributed by atoms with van der Waals surface area (Å²) in [4.78, 5) is 15.1. The number of carbonyl (C=O) groups excluding carboxylic acids is 1. The molecule has 2 aromatic carbocycles. The average molecular weight is 421 g/mol. The molecule has 0 radical (unpaired) electrons. The van der Waals surface area contributed by atoms with Crippen LogP contribution in [0.15, 0.2) is 54.6 Å². The van der Waals surface area contributed by atoms with Crippen molar-refractivity contribution in [2.24, 2.45) is 0 Å². The van der Waals surface area contributed by atoms with Gasteiger partial charge >= 0.3 is 0 Å². The van der Waals surface area contributed by atoms with E-state index in [0.717, 1.165) is 16.0 Å². The molecule has 1 amide bonds. The third-order valence-electron chi connectivity index (χ3n) is 5.15. The van der Waals surface area contributed by atoms with Crippen LogP contribution in [0.5, 0.6) is 0 Å². The second kappa shape index (κ2) is 9.47. The SMILES string of the molecule is CN(Cc1cccc(F)c1)C(=O)C[NH+]1CCN(S(=O)(=O)Cc2ccccc2)CC1. The van der Waals surface area contributed by atoms with Crippen LogP contribution in [0.2, 0.25) is 0 Å². The van der Waals surface area contributed by atoms with Gasteiger partial charge in [-0.1, -0.05) is 42.5 Å². The zero-order valence-corrected chi connectivity index (χ0v) is 17.4. The molecule has 29 heavy (non-hydrogen) atoms. The van der Waals surface area contributed by atoms with Crippen LogP contribution >= 0.6 is 0 Å². The predicted octanol–water partition coefficient (Wildman–Crippen LogP) is 0.515. The molecule has 6 nitrogen and oxygen atoms in total. The third kappa shape index (κ3) is 6.09. The highest BCUT2D eigenvalue weighted by Gasteiger charge is 2.30. The van der Waals surface area contributed by atoms with Gasteiger partial charge < -0.3 is 9.80 Å². The van der Waals surface area contributed by atoms with E-state index in [0.29, 0.717) is 39.3 Å². The minimum atomic E-state index is -3.36. The van der Waals surface area contributed by atoms with E-state index in [9.17, 15) is 17.6 Å². The van der Waals surface area contributed by atoms with Gasteiger partial charge in [0.2, 0.25) is 10.0 Å². The summed E-state index contributed by atoms with van der Waals surface area (Å²) in [7, 11) is -1.66. The molecule has 2 aromatic rings. The Morgan fingerprint density at radius 1 is 1.07 bits per heavy atom. The lowest BCUT2D eigenvalue weighted by Crippen LogP contribution is -3.15. The van der Waals surface area contributed by atoms with E-state index < -0.39 is 10.0 Å². The van der Waals surface area contributed by atoms with E-state index in [-0.39, 0.29) is 17.5 Å². The van der Waals surface area contributed by atoms with E-state index in [1.165, 1.54) is 16.4 Å². The van der Waals surface area contributed by atoms with E-state index in [1.54, 1.807) is 24.1 Å². The molecule has 156 valence electrons. The van der Waals surface area contributed by atoms with Gasteiger partial charge in [-0.05, 0) is 23.3 Å². The maximum atomic E-state index is 13.3. The van der Waals surface area contributed by atoms with Gasteiger partial charge in [0.05, 0.1) is 31.9 Å². The molecule has 0 atom stereocenters. The van der Waals surface area contributed by atoms with Gasteiger partial charge in [-0.15, -0.1) is 0 Å². The van der Waals surface area contributed by atoms with Crippen LogP contribution in [0.4, 0.5) is 4.39 Å². The minimum Gasteiger partial charge on any atom is -0.337 e. The lowest BCUT2D eigenvalue weighted by Gasteiger charge is -2.32. The van der Waals surface area contributed by atoms with Crippen LogP contribution in [0, 0.1) is 5.82 Å². The van der Waals surface area contributed by atoms with E-state index >= 15 is 0 Å². The molecule has 8 heteroatoms. The highest BCUT2D eigenvalue weighted by molar-refractivity contribution is 7.88. The summed E-state index contributed by atoms with van der Waals surface area (Å²) in [5, 5.41) is 0. The molecule has 0 spiro atoms. The van der Waals surface area contributed by atoms with Crippen molar-refractivity contribution in [3.8, 4) is 0 Å². The average Bonchev–Trinajstić information content (AvgIpc) is 2.69. The highest BCUT2D eigenvalue weighted by Crippen LogP contribution is 2.11. The van der Waals surface area contributed by atoms with Gasteiger partial charge in [-0.3, -0.25) is 4.79 Å². The number of nitrogens with zero attached hydrogens (tertiary/aromatic N) is 2. The van der Waals surface area contributed by atoms with Gasteiger partial charge in [-0.25, -0.2) is 12.8 Å². The Morgan fingerprint density at radius 2 is 1.72 bits per heavy atom. The largest absolute Gasteiger partial charge is 0.337 e. The number of halogens is 1. The van der Waals surface area contributed by atoms with Gasteiger partial charge in [0.15, 0.2) is 6.54 Å². The van der Waals surface area contributed by atoms with E-state index in [2.05, 4.69) is 0 Å². The van der Waals surface area contributed by atoms with Crippen molar-refractivity contribution in [3.63, 3.8) is 0 Å². The van der Waals surface area contributed by atoms with Crippen LogP contribution < -0.4 is 4.90 Å². The molecule has 0 unspecified atom stereocenters. The number of nitrogens with one attached hydrogen (secondary N) is 1. The molecule has 1 N–H and O–H groups in total. The molecule has 1 aliphatic heterocycles. The van der Waals surface area contributed by atoms with Crippen molar-refractivity contribution >= 4 is 15.9 Å². The summed E-state index contributed by atoms with van der Waals surface area (Å²) < 4.78 is 40.1. The second-order valence-electron chi connectivity index (χ2n) is 7.45. The molecule has 0 saturated carbocycles. The number of likely N-dealkylation sites (N-methyl/N-ethyl adjacent to an activating group) is 1. The number of benzene rings is 2. The Morgan fingerprint density at radius 3 is 2.38 bits per heavy atom. The van der Waals surface area contributed by atoms with Gasteiger partial charge in [-0.2, -0.15) is 4.31 Å². The molecule has 1 heterocycles. The first-order chi connectivity index (χ1) is 13.8. The first-order valence-corrected chi connectivity index (χ1v) is 11.3. The van der Waals surface area contributed by atoms with Gasteiger partial charge in [0.1, 0.15) is 5.82 Å². The first kappa shape index (κ1) is 21.4. The van der Waals surface area contributed by atoms with E-state index in [4.69, 9.17) is 0 Å². The zero-order valence-electron chi connectivity index (χ0n) is 16.6. The number of amides is 1. The summed E-state index contributed by atoms with van der Waals surface area (Å²) in [6.07, 6.45) is 0. The molecular weight excluding hydrogens is 393 g/mol. The molecular formula is C21H27FN3O3S+. The maximum Gasteiger partial charge on any atom is 0.277 e. The Labute approximate surface area is 171 Å². The fraction of sp³-hybridized carbons (Fsp3) is 0.381. The van der Waals surface area contributed by atoms with Crippen molar-refractivity contribution in [2.75, 3.05) is 39.8 Å². The number of carbonyl (C=O) groups is 1. The smallest absolute Gasteiger partial charge is 0.277 e. The zero-order chi connectivity index (χ0) is 20.9. The van der Waals surface area contributed by atoms with Crippen molar-refractivity contribution in [1.82, 2.24) is 9.21 Å². The number of rotatable bonds is 7. The lowest BCUT2D eigenvalue weighted by molar-refractivity contribution is -0.896. The lowest BCUT2D eigenvalue weighted by atomic mass is 10.2. The highest BCUT2D eigenvalue weighted by atomic mass is 32.2. The molecule has 3 rings (SSSR count). The van der Waals surface area contributed by atoms with Crippen molar-refractivity contribution in [1.29, 1.82) is 0 Å². The summed E-state index contributed by atoms with van der Waals surface area (Å²) in [5.74, 6) is -0.356. The minimum absolute atomic E-state index is 0.00151. The van der Waals surface area contributed by atoms with Crippen LogP contribution in [0.3, 0.4) is 0 Å². The quantitative estimate of drug-likeness (QED) is 0.710. The number of sulfonamides is 1. The van der Waals surface area contributed by atoms with Crippen LogP contribution in [0.25, 0.3) is 0 Å². The second-order valence-corrected chi connectivity index (χ2v) is 9.42. The van der Waals surface area contributed by atoms with Crippen molar-refractivity contribution in [2.45, 2.75) is 12.3 Å². The fourth-order valence-electron chi connectivity index (χ4n) is 3.48. The molecule has 1 fully saturated rings. The Kier molecular flexibility index (Phi) is 7.00. The Bertz CT molecular complexity index is 929. The summed E-state index contributed by atoms with van der Waals surface area (Å²) in [6, 6.07) is 15.4. The molecule has 1 aliphatic rings. The summed E-state index contributed by atoms with van der Waals surface area (Å²) >= 11 is 0. The monoisotopic (exact) mass is 420 g/mol. The molecule has 0 aliphatic carbocycles. The van der Waals surface area contributed by atoms with Crippen LogP contribution in [-0.2, 0) is 27.1 Å². The number of hydrogen-bond acceptors (Lipinski definition) is 3. The predicted molar refractivity (Wildman–Crippen MR) is 109 cm³/mol. The van der Waals surface area contributed by atoms with E-state index in [1.807, 2.05) is 30.3 Å².